The SMILES string of the molecule is O.O.O.O.O=C(O)c1cccnc1.[Zn]. The molecule has 14 heavy (non-hydrogen) atoms. The van der Waals surface area contributed by atoms with Gasteiger partial charge in [-0.15, -0.1) is 0 Å². The first-order valence-electron chi connectivity index (χ1n) is 2.44. The minimum absolute atomic E-state index is 0. The van der Waals surface area contributed by atoms with Crippen molar-refractivity contribution in [3.63, 3.8) is 0 Å². The molecule has 8 heteroatoms. The van der Waals surface area contributed by atoms with Gasteiger partial charge in [0.15, 0.2) is 0 Å². The second-order valence-corrected chi connectivity index (χ2v) is 1.55. The van der Waals surface area contributed by atoms with Gasteiger partial charge >= 0.3 is 5.97 Å². The standard InChI is InChI=1S/C6H5NO2.4H2O.Zn/c8-6(9)5-2-1-3-7-4-5;;;;;/h1-4H,(H,8,9);4*1H2;. The molecule has 0 aliphatic rings. The average Bonchev–Trinajstić information content (AvgIpc) is 1.90. The number of aromatic nitrogens is 1. The van der Waals surface area contributed by atoms with Gasteiger partial charge in [-0.3, -0.25) is 4.98 Å². The predicted molar refractivity (Wildman–Crippen MR) is 45.7 cm³/mol. The molecule has 9 N–H and O–H groups in total. The summed E-state index contributed by atoms with van der Waals surface area (Å²) in [5.41, 5.74) is 0.220. The fraction of sp³-hybridized carbons (Fsp3) is 0. The topological polar surface area (TPSA) is 176 Å². The summed E-state index contributed by atoms with van der Waals surface area (Å²) in [7, 11) is 0. The molecule has 1 rings (SSSR count). The summed E-state index contributed by atoms with van der Waals surface area (Å²) in [4.78, 5) is 13.8. The van der Waals surface area contributed by atoms with Crippen molar-refractivity contribution in [3.05, 3.63) is 30.1 Å². The van der Waals surface area contributed by atoms with Crippen LogP contribution in [0.15, 0.2) is 24.5 Å². The first kappa shape index (κ1) is 29.2. The Morgan fingerprint density at radius 3 is 1.93 bits per heavy atom. The summed E-state index contributed by atoms with van der Waals surface area (Å²) in [6.07, 6.45) is 2.84. The number of aromatic carboxylic acids is 1. The summed E-state index contributed by atoms with van der Waals surface area (Å²) in [5, 5.41) is 8.34. The van der Waals surface area contributed by atoms with E-state index in [0.717, 1.165) is 0 Å². The minimum Gasteiger partial charge on any atom is -0.478 e. The molecule has 0 atom stereocenters. The molecule has 7 nitrogen and oxygen atoms in total. The fourth-order valence-corrected chi connectivity index (χ4v) is 0.489. The molecule has 0 saturated heterocycles. The second kappa shape index (κ2) is 14.6. The van der Waals surface area contributed by atoms with E-state index < -0.39 is 5.97 Å². The van der Waals surface area contributed by atoms with Crippen molar-refractivity contribution in [3.8, 4) is 0 Å². The summed E-state index contributed by atoms with van der Waals surface area (Å²) >= 11 is 0. The van der Waals surface area contributed by atoms with Gasteiger partial charge in [0.25, 0.3) is 0 Å². The fourth-order valence-electron chi connectivity index (χ4n) is 0.489. The molecule has 0 aliphatic heterocycles. The van der Waals surface area contributed by atoms with E-state index in [-0.39, 0.29) is 46.9 Å². The van der Waals surface area contributed by atoms with E-state index in [4.69, 9.17) is 5.11 Å². The Kier molecular flexibility index (Phi) is 30.5. The zero-order chi connectivity index (χ0) is 6.69. The van der Waals surface area contributed by atoms with Crippen molar-refractivity contribution in [2.75, 3.05) is 0 Å². The second-order valence-electron chi connectivity index (χ2n) is 1.55. The third-order valence-electron chi connectivity index (χ3n) is 0.908. The van der Waals surface area contributed by atoms with Crippen LogP contribution < -0.4 is 0 Å². The van der Waals surface area contributed by atoms with Crippen molar-refractivity contribution in [2.24, 2.45) is 0 Å². The van der Waals surface area contributed by atoms with Gasteiger partial charge in [0.05, 0.1) is 5.56 Å². The zero-order valence-corrected chi connectivity index (χ0v) is 10.3. The molecular weight excluding hydrogens is 247 g/mol. The van der Waals surface area contributed by atoms with Crippen LogP contribution in [0, 0.1) is 0 Å². The van der Waals surface area contributed by atoms with E-state index in [1.165, 1.54) is 18.5 Å². The smallest absolute Gasteiger partial charge is 0.337 e. The molecule has 0 aromatic carbocycles. The normalized spacial score (nSPS) is 5.71. The summed E-state index contributed by atoms with van der Waals surface area (Å²) in [6, 6.07) is 3.08. The zero-order valence-electron chi connectivity index (χ0n) is 7.32. The number of nitrogens with zero attached hydrogens (tertiary/aromatic N) is 1. The Balaban J connectivity index is -0.0000000540. The minimum atomic E-state index is -0.942. The number of rotatable bonds is 1. The first-order chi connectivity index (χ1) is 4.30. The molecule has 1 aromatic heterocycles. The van der Waals surface area contributed by atoms with Crippen molar-refractivity contribution in [2.45, 2.75) is 0 Å². The Bertz CT molecular complexity index is 219. The van der Waals surface area contributed by atoms with Gasteiger partial charge < -0.3 is 27.0 Å². The largest absolute Gasteiger partial charge is 0.478 e. The van der Waals surface area contributed by atoms with Crippen molar-refractivity contribution < 1.29 is 51.3 Å². The van der Waals surface area contributed by atoms with Gasteiger partial charge in [0.1, 0.15) is 0 Å². The van der Waals surface area contributed by atoms with Crippen LogP contribution in [0.3, 0.4) is 0 Å². The number of pyridine rings is 1. The number of hydrogen-bond acceptors (Lipinski definition) is 2. The summed E-state index contributed by atoms with van der Waals surface area (Å²) < 4.78 is 0. The molecule has 0 bridgehead atoms. The van der Waals surface area contributed by atoms with Crippen LogP contribution in [0.4, 0.5) is 0 Å². The maximum absolute atomic E-state index is 10.2. The molecule has 0 fully saturated rings. The molecule has 0 radical (unpaired) electrons. The average molecular weight is 261 g/mol. The molecule has 0 aliphatic carbocycles. The van der Waals surface area contributed by atoms with Gasteiger partial charge in [-0.25, -0.2) is 4.79 Å². The number of carboxylic acids is 1. The van der Waals surface area contributed by atoms with E-state index in [2.05, 4.69) is 4.98 Å². The van der Waals surface area contributed by atoms with Gasteiger partial charge in [-0.2, -0.15) is 0 Å². The predicted octanol–water partition coefficient (Wildman–Crippen LogP) is -2.52. The molecule has 80 valence electrons. The quantitative estimate of drug-likeness (QED) is 0.549. The molecular formula is C6H13NO6Zn. The van der Waals surface area contributed by atoms with E-state index in [1.807, 2.05) is 0 Å². The van der Waals surface area contributed by atoms with Crippen LogP contribution in [0.5, 0.6) is 0 Å². The Morgan fingerprint density at radius 2 is 1.71 bits per heavy atom. The Labute approximate surface area is 92.8 Å². The van der Waals surface area contributed by atoms with Crippen LogP contribution in [0.25, 0.3) is 0 Å². The van der Waals surface area contributed by atoms with Crippen LogP contribution >= 0.6 is 0 Å². The number of carboxylic acid groups (broad SMARTS) is 1. The molecule has 1 aromatic rings. The van der Waals surface area contributed by atoms with E-state index in [0.29, 0.717) is 0 Å². The van der Waals surface area contributed by atoms with Crippen molar-refractivity contribution in [1.29, 1.82) is 0 Å². The van der Waals surface area contributed by atoms with Crippen LogP contribution in [-0.4, -0.2) is 38.0 Å². The Hall–Kier alpha value is -0.917. The third-order valence-corrected chi connectivity index (χ3v) is 0.908. The van der Waals surface area contributed by atoms with E-state index >= 15 is 0 Å². The van der Waals surface area contributed by atoms with Crippen molar-refractivity contribution in [1.82, 2.24) is 4.98 Å². The number of carbonyl (C=O) groups is 1. The van der Waals surface area contributed by atoms with Gasteiger partial charge in [0, 0.05) is 31.9 Å². The molecule has 0 amide bonds. The van der Waals surface area contributed by atoms with Gasteiger partial charge in [0.2, 0.25) is 0 Å². The number of hydrogen-bond donors (Lipinski definition) is 1. The molecule has 1 heterocycles. The van der Waals surface area contributed by atoms with Crippen molar-refractivity contribution >= 4 is 5.97 Å². The third kappa shape index (κ3) is 9.17. The molecule has 0 spiro atoms. The molecule has 0 saturated carbocycles. The van der Waals surface area contributed by atoms with Crippen LogP contribution in [0.1, 0.15) is 10.4 Å². The van der Waals surface area contributed by atoms with Gasteiger partial charge in [-0.1, -0.05) is 0 Å². The van der Waals surface area contributed by atoms with E-state index in [1.54, 1.807) is 6.07 Å². The Morgan fingerprint density at radius 1 is 1.21 bits per heavy atom. The van der Waals surface area contributed by atoms with Gasteiger partial charge in [-0.05, 0) is 12.1 Å². The first-order valence-corrected chi connectivity index (χ1v) is 2.44. The summed E-state index contributed by atoms with van der Waals surface area (Å²) in [6.45, 7) is 0. The molecule has 0 unspecified atom stereocenters. The van der Waals surface area contributed by atoms with Crippen LogP contribution in [-0.2, 0) is 19.5 Å². The van der Waals surface area contributed by atoms with E-state index in [9.17, 15) is 4.79 Å². The monoisotopic (exact) mass is 259 g/mol. The van der Waals surface area contributed by atoms with Crippen LogP contribution in [0.2, 0.25) is 0 Å². The summed E-state index contributed by atoms with van der Waals surface area (Å²) in [5.74, 6) is -0.942. The maximum Gasteiger partial charge on any atom is 0.337 e. The maximum atomic E-state index is 10.2.